The molecule has 5 rings (SSSR count). The molecule has 6 N–H and O–H groups in total. The minimum atomic E-state index is -4.37. The molecule has 0 amide bonds. The summed E-state index contributed by atoms with van der Waals surface area (Å²) in [7, 11) is -2.24. The molecule has 230 valence electrons. The topological polar surface area (TPSA) is 182 Å². The van der Waals surface area contributed by atoms with Crippen molar-refractivity contribution in [2.45, 2.75) is 31.5 Å². The number of nitriles is 1. The number of aliphatic hydroxyl groups excluding tert-OH is 4. The fourth-order valence-corrected chi connectivity index (χ4v) is 6.75. The predicted molar refractivity (Wildman–Crippen MR) is 162 cm³/mol. The number of piperazine rings is 1. The fourth-order valence-electron chi connectivity index (χ4n) is 5.57. The number of benzene rings is 2. The molecular weight excluding hydrogens is 574 g/mol. The van der Waals surface area contributed by atoms with Gasteiger partial charge in [0.1, 0.15) is 18.3 Å². The summed E-state index contributed by atoms with van der Waals surface area (Å²) in [6.45, 7) is 4.40. The van der Waals surface area contributed by atoms with E-state index in [0.29, 0.717) is 5.69 Å². The number of likely N-dealkylation sites (N-methyl/N-ethyl adjacent to an activating group) is 1. The molecule has 2 aliphatic rings. The number of ether oxygens (including phenoxy) is 1. The lowest BCUT2D eigenvalue weighted by atomic mass is 9.91. The Bertz CT molecular complexity index is 1640. The average Bonchev–Trinajstić information content (AvgIpc) is 3.49. The van der Waals surface area contributed by atoms with Gasteiger partial charge in [0.05, 0.1) is 18.6 Å². The van der Waals surface area contributed by atoms with Gasteiger partial charge in [0, 0.05) is 55.4 Å². The maximum Gasteiger partial charge on any atom is 0.251 e. The van der Waals surface area contributed by atoms with Crippen LogP contribution in [0, 0.1) is 17.2 Å². The molecule has 2 fully saturated rings. The zero-order valence-electron chi connectivity index (χ0n) is 24.0. The number of hydrogen-bond acceptors (Lipinski definition) is 10. The SMILES string of the molecule is C/C(=C(/C#N)S(=O)(=O)NCC1C(O)O[C@H](CO)[C@@H](O)[C@@H]1O)c1ccc(-c2ccc3cc(N4CCN(C)CC4)ccc3c2)[nH]1. The lowest BCUT2D eigenvalue weighted by Crippen LogP contribution is -2.58. The standard InChI is InChI=1S/C30H37N5O7S/c1-18(27(15-31)43(40,41)32-16-23-28(37)29(38)26(17-36)42-30(23)39)24-7-8-25(33-24)21-4-3-20-14-22(6-5-19(20)13-21)35-11-9-34(2)10-12-35/h3-8,13-14,23,26,28-30,32-33,36-39H,9-12,16-17H2,1-2H3/b27-18+/t23?,26-,28-,29-,30?/m1/s1. The number of fused-ring (bicyclic) bond motifs is 1. The largest absolute Gasteiger partial charge is 0.394 e. The first-order valence-electron chi connectivity index (χ1n) is 14.1. The molecule has 2 aliphatic heterocycles. The predicted octanol–water partition coefficient (Wildman–Crippen LogP) is 0.808. The van der Waals surface area contributed by atoms with Gasteiger partial charge in [0.15, 0.2) is 11.2 Å². The summed E-state index contributed by atoms with van der Waals surface area (Å²) in [5, 5.41) is 51.8. The fraction of sp³-hybridized carbons (Fsp3) is 0.433. The lowest BCUT2D eigenvalue weighted by molar-refractivity contribution is -0.268. The van der Waals surface area contributed by atoms with Crippen LogP contribution in [0.3, 0.4) is 0 Å². The number of allylic oxidation sites excluding steroid dienone is 2. The van der Waals surface area contributed by atoms with Crippen LogP contribution in [0.4, 0.5) is 5.69 Å². The van der Waals surface area contributed by atoms with Crippen LogP contribution >= 0.6 is 0 Å². The zero-order chi connectivity index (χ0) is 30.9. The molecule has 43 heavy (non-hydrogen) atoms. The van der Waals surface area contributed by atoms with E-state index in [4.69, 9.17) is 4.74 Å². The minimum Gasteiger partial charge on any atom is -0.394 e. The third kappa shape index (κ3) is 6.47. The van der Waals surface area contributed by atoms with Gasteiger partial charge in [0.2, 0.25) is 0 Å². The second-order valence-corrected chi connectivity index (χ2v) is 12.8. The Balaban J connectivity index is 1.32. The van der Waals surface area contributed by atoms with E-state index >= 15 is 0 Å². The zero-order valence-corrected chi connectivity index (χ0v) is 24.8. The van der Waals surface area contributed by atoms with Crippen molar-refractivity contribution >= 4 is 32.1 Å². The van der Waals surface area contributed by atoms with Crippen LogP contribution in [0.1, 0.15) is 12.6 Å². The molecule has 3 aromatic rings. The monoisotopic (exact) mass is 611 g/mol. The number of anilines is 1. The second kappa shape index (κ2) is 12.7. The van der Waals surface area contributed by atoms with Crippen molar-refractivity contribution in [3.8, 4) is 17.3 Å². The van der Waals surface area contributed by atoms with Crippen molar-refractivity contribution in [1.29, 1.82) is 5.26 Å². The third-order valence-corrected chi connectivity index (χ3v) is 9.82. The van der Waals surface area contributed by atoms with E-state index in [2.05, 4.69) is 56.9 Å². The Morgan fingerprint density at radius 3 is 2.44 bits per heavy atom. The first-order valence-corrected chi connectivity index (χ1v) is 15.6. The van der Waals surface area contributed by atoms with Crippen molar-refractivity contribution < 1.29 is 33.6 Å². The Labute approximate surface area is 250 Å². The molecule has 3 heterocycles. The maximum atomic E-state index is 13.1. The van der Waals surface area contributed by atoms with E-state index in [1.807, 2.05) is 12.1 Å². The summed E-state index contributed by atoms with van der Waals surface area (Å²) in [5.74, 6) is -1.23. The molecule has 5 atom stereocenters. The van der Waals surface area contributed by atoms with Gasteiger partial charge >= 0.3 is 0 Å². The summed E-state index contributed by atoms with van der Waals surface area (Å²) >= 11 is 0. The lowest BCUT2D eigenvalue weighted by Gasteiger charge is -2.40. The normalized spacial score (nSPS) is 25.9. The molecule has 2 unspecified atom stereocenters. The summed E-state index contributed by atoms with van der Waals surface area (Å²) in [6, 6.07) is 17.8. The van der Waals surface area contributed by atoms with E-state index in [1.54, 1.807) is 12.1 Å². The number of aromatic nitrogens is 1. The molecule has 0 radical (unpaired) electrons. The number of nitrogens with one attached hydrogen (secondary N) is 2. The van der Waals surface area contributed by atoms with Gasteiger partial charge in [-0.1, -0.05) is 18.2 Å². The number of aromatic amines is 1. The highest BCUT2D eigenvalue weighted by molar-refractivity contribution is 7.93. The molecule has 0 aliphatic carbocycles. The smallest absolute Gasteiger partial charge is 0.251 e. The first kappa shape index (κ1) is 31.1. The van der Waals surface area contributed by atoms with Crippen LogP contribution in [0.5, 0.6) is 0 Å². The van der Waals surface area contributed by atoms with Crippen molar-refractivity contribution in [3.05, 3.63) is 59.1 Å². The Hall–Kier alpha value is -3.32. The van der Waals surface area contributed by atoms with Gasteiger partial charge in [-0.15, -0.1) is 0 Å². The van der Waals surface area contributed by atoms with Crippen molar-refractivity contribution in [2.75, 3.05) is 51.3 Å². The second-order valence-electron chi connectivity index (χ2n) is 11.1. The summed E-state index contributed by atoms with van der Waals surface area (Å²) in [6.07, 6.45) is -5.94. The maximum absolute atomic E-state index is 13.1. The van der Waals surface area contributed by atoms with Crippen molar-refractivity contribution in [2.24, 2.45) is 5.92 Å². The van der Waals surface area contributed by atoms with E-state index in [-0.39, 0.29) is 5.57 Å². The average molecular weight is 612 g/mol. The third-order valence-electron chi connectivity index (χ3n) is 8.34. The van der Waals surface area contributed by atoms with Crippen LogP contribution in [-0.2, 0) is 14.8 Å². The van der Waals surface area contributed by atoms with Gasteiger partial charge in [-0.3, -0.25) is 0 Å². The number of sulfonamides is 1. The first-order chi connectivity index (χ1) is 20.5. The van der Waals surface area contributed by atoms with Crippen molar-refractivity contribution in [1.82, 2.24) is 14.6 Å². The molecule has 0 saturated carbocycles. The van der Waals surface area contributed by atoms with Crippen LogP contribution in [0.25, 0.3) is 27.6 Å². The van der Waals surface area contributed by atoms with Crippen molar-refractivity contribution in [3.63, 3.8) is 0 Å². The van der Waals surface area contributed by atoms with Gasteiger partial charge in [-0.25, -0.2) is 13.1 Å². The number of nitrogens with zero attached hydrogens (tertiary/aromatic N) is 3. The van der Waals surface area contributed by atoms with Gasteiger partial charge < -0.3 is 39.9 Å². The number of H-pyrrole nitrogens is 1. The molecule has 2 aromatic carbocycles. The highest BCUT2D eigenvalue weighted by atomic mass is 32.2. The molecule has 1 aromatic heterocycles. The van der Waals surface area contributed by atoms with E-state index in [0.717, 1.165) is 48.2 Å². The Morgan fingerprint density at radius 2 is 1.74 bits per heavy atom. The quantitative estimate of drug-likeness (QED) is 0.199. The van der Waals surface area contributed by atoms with Gasteiger partial charge in [0.25, 0.3) is 10.0 Å². The van der Waals surface area contributed by atoms with E-state index < -0.39 is 58.6 Å². The number of aliphatic hydroxyl groups is 4. The van der Waals surface area contributed by atoms with Gasteiger partial charge in [-0.2, -0.15) is 5.26 Å². The number of rotatable bonds is 8. The molecule has 13 heteroatoms. The Morgan fingerprint density at radius 1 is 1.05 bits per heavy atom. The van der Waals surface area contributed by atoms with Crippen LogP contribution < -0.4 is 9.62 Å². The van der Waals surface area contributed by atoms with Crippen LogP contribution in [0.2, 0.25) is 0 Å². The molecule has 2 saturated heterocycles. The molecular formula is C30H37N5O7S. The molecule has 0 bridgehead atoms. The van der Waals surface area contributed by atoms with Crippen LogP contribution in [-0.4, -0.2) is 110 Å². The van der Waals surface area contributed by atoms with E-state index in [9.17, 15) is 34.1 Å². The minimum absolute atomic E-state index is 0.181. The summed E-state index contributed by atoms with van der Waals surface area (Å²) in [4.78, 5) is 7.38. The Kier molecular flexibility index (Phi) is 9.21. The summed E-state index contributed by atoms with van der Waals surface area (Å²) < 4.78 is 33.5. The molecule has 12 nitrogen and oxygen atoms in total. The highest BCUT2D eigenvalue weighted by Gasteiger charge is 2.44. The molecule has 0 spiro atoms. The summed E-state index contributed by atoms with van der Waals surface area (Å²) in [5.41, 5.74) is 3.46. The van der Waals surface area contributed by atoms with E-state index in [1.165, 1.54) is 12.6 Å². The van der Waals surface area contributed by atoms with Gasteiger partial charge in [-0.05, 0) is 60.6 Å². The van der Waals surface area contributed by atoms with Crippen LogP contribution in [0.15, 0.2) is 53.4 Å². The number of hydrogen-bond donors (Lipinski definition) is 6. The highest BCUT2D eigenvalue weighted by Crippen LogP contribution is 2.30.